The van der Waals surface area contributed by atoms with E-state index >= 15 is 0 Å². The van der Waals surface area contributed by atoms with Crippen molar-refractivity contribution in [2.75, 3.05) is 26.3 Å². The van der Waals surface area contributed by atoms with Gasteiger partial charge in [0, 0.05) is 29.7 Å². The first kappa shape index (κ1) is 27.6. The van der Waals surface area contributed by atoms with Gasteiger partial charge in [-0.05, 0) is 119 Å². The van der Waals surface area contributed by atoms with Gasteiger partial charge in [-0.3, -0.25) is 9.29 Å². The van der Waals surface area contributed by atoms with Gasteiger partial charge in [0.05, 0.1) is 12.2 Å². The fourth-order valence-electron chi connectivity index (χ4n) is 5.87. The molecule has 3 nitrogen and oxygen atoms in total. The van der Waals surface area contributed by atoms with Crippen molar-refractivity contribution in [3.05, 3.63) is 109 Å². The smallest absolute Gasteiger partial charge is 0.335 e. The molecule has 0 aromatic heterocycles. The number of carboxylic acid groups (broad SMARTS) is 1. The maximum absolute atomic E-state index is 12.5. The molecule has 39 heavy (non-hydrogen) atoms. The molecule has 0 amide bonds. The molecule has 0 spiro atoms. The lowest BCUT2D eigenvalue weighted by molar-refractivity contribution is 0.0696. The molecule has 1 aliphatic heterocycles. The Bertz CT molecular complexity index is 1480. The van der Waals surface area contributed by atoms with Crippen molar-refractivity contribution in [1.82, 2.24) is 4.90 Å². The van der Waals surface area contributed by atoms with Gasteiger partial charge in [-0.1, -0.05) is 53.5 Å². The lowest BCUT2D eigenvalue weighted by Gasteiger charge is -2.34. The highest BCUT2D eigenvalue weighted by atomic mass is 35.5. The summed E-state index contributed by atoms with van der Waals surface area (Å²) < 4.78 is 12.5. The first-order valence-corrected chi connectivity index (χ1v) is 14.1. The molecule has 0 bridgehead atoms. The van der Waals surface area contributed by atoms with Crippen LogP contribution in [0.5, 0.6) is 0 Å². The average molecular weight is 565 g/mol. The molecular weight excluding hydrogens is 532 g/mol. The van der Waals surface area contributed by atoms with E-state index < -0.39 is 5.97 Å². The summed E-state index contributed by atoms with van der Waals surface area (Å²) in [5.41, 5.74) is 11.6. The first-order chi connectivity index (χ1) is 18.7. The molecule has 202 valence electrons. The lowest BCUT2D eigenvalue weighted by atomic mass is 9.85. The van der Waals surface area contributed by atoms with Crippen LogP contribution in [0.3, 0.4) is 0 Å². The molecule has 0 atom stereocenters. The van der Waals surface area contributed by atoms with Gasteiger partial charge in [0.1, 0.15) is 0 Å². The van der Waals surface area contributed by atoms with E-state index in [2.05, 4.69) is 37.0 Å². The number of alkyl halides is 1. The molecule has 5 rings (SSSR count). The van der Waals surface area contributed by atoms with Crippen molar-refractivity contribution in [3.8, 4) is 0 Å². The van der Waals surface area contributed by atoms with Gasteiger partial charge in [-0.15, -0.1) is 0 Å². The van der Waals surface area contributed by atoms with E-state index in [1.54, 1.807) is 12.1 Å². The Hall–Kier alpha value is -2.92. The predicted molar refractivity (Wildman–Crippen MR) is 160 cm³/mol. The van der Waals surface area contributed by atoms with Gasteiger partial charge < -0.3 is 5.11 Å². The van der Waals surface area contributed by atoms with Crippen LogP contribution in [-0.4, -0.2) is 42.3 Å². The van der Waals surface area contributed by atoms with E-state index in [0.717, 1.165) is 72.3 Å². The summed E-state index contributed by atoms with van der Waals surface area (Å²) in [5, 5.41) is 10.8. The fraction of sp³-hybridized carbons (Fsp3) is 0.303. The van der Waals surface area contributed by atoms with Gasteiger partial charge in [0.2, 0.25) is 0 Å². The number of hydrogen-bond donors (Lipinski definition) is 1. The Morgan fingerprint density at radius 3 is 2.38 bits per heavy atom. The largest absolute Gasteiger partial charge is 0.478 e. The second-order valence-electron chi connectivity index (χ2n) is 10.6. The number of carbonyl (C=O) groups is 1. The Kier molecular flexibility index (Phi) is 8.27. The summed E-state index contributed by atoms with van der Waals surface area (Å²) in [4.78, 5) is 14.0. The predicted octanol–water partition coefficient (Wildman–Crippen LogP) is 8.66. The average Bonchev–Trinajstić information content (AvgIpc) is 3.05. The minimum atomic E-state index is -0.920. The maximum atomic E-state index is 12.5. The zero-order chi connectivity index (χ0) is 27.7. The second kappa shape index (κ2) is 11.7. The van der Waals surface area contributed by atoms with Gasteiger partial charge in [-0.25, -0.2) is 4.79 Å². The number of nitrogens with zero attached hydrogens (tertiary/aromatic N) is 1. The Morgan fingerprint density at radius 2 is 1.72 bits per heavy atom. The molecule has 3 aromatic carbocycles. The summed E-state index contributed by atoms with van der Waals surface area (Å²) in [7, 11) is 0. The number of aryl methyl sites for hydroxylation is 3. The van der Waals surface area contributed by atoms with Crippen LogP contribution in [0.2, 0.25) is 10.0 Å². The molecule has 1 heterocycles. The van der Waals surface area contributed by atoms with Gasteiger partial charge in [-0.2, -0.15) is 0 Å². The standard InChI is InChI=1S/C33H32Cl2FNO2/c1-20-13-25(14-21(2)30(20)15-22-18-37(19-22)12-4-11-36)32-27-9-7-24(33(38)39)16-23(27)5-3-6-29(32)28-10-8-26(34)17-31(28)35/h7-10,13-17H,3-6,11-12,18-19H2,1-2H3,(H,38,39). The summed E-state index contributed by atoms with van der Waals surface area (Å²) in [6.07, 6.45) is 5.35. The van der Waals surface area contributed by atoms with Crippen LogP contribution in [0.15, 0.2) is 54.1 Å². The number of halogens is 3. The van der Waals surface area contributed by atoms with E-state index in [4.69, 9.17) is 23.2 Å². The first-order valence-electron chi connectivity index (χ1n) is 13.4. The van der Waals surface area contributed by atoms with Gasteiger partial charge in [0.25, 0.3) is 0 Å². The fourth-order valence-corrected chi connectivity index (χ4v) is 6.39. The number of benzene rings is 3. The number of rotatable bonds is 7. The topological polar surface area (TPSA) is 40.5 Å². The molecule has 1 N–H and O–H groups in total. The molecule has 1 aliphatic carbocycles. The van der Waals surface area contributed by atoms with Crippen molar-refractivity contribution in [3.63, 3.8) is 0 Å². The molecule has 3 aromatic rings. The maximum Gasteiger partial charge on any atom is 0.335 e. The minimum absolute atomic E-state index is 0.269. The van der Waals surface area contributed by atoms with Crippen molar-refractivity contribution >= 4 is 46.4 Å². The van der Waals surface area contributed by atoms with Crippen LogP contribution < -0.4 is 0 Å². The van der Waals surface area contributed by atoms with Crippen molar-refractivity contribution in [1.29, 1.82) is 0 Å². The Balaban J connectivity index is 1.63. The molecule has 0 saturated carbocycles. The second-order valence-corrected chi connectivity index (χ2v) is 11.4. The van der Waals surface area contributed by atoms with E-state index in [9.17, 15) is 14.3 Å². The third kappa shape index (κ3) is 5.84. The molecule has 1 saturated heterocycles. The zero-order valence-electron chi connectivity index (χ0n) is 22.3. The highest BCUT2D eigenvalue weighted by Crippen LogP contribution is 2.43. The van der Waals surface area contributed by atoms with E-state index in [-0.39, 0.29) is 6.67 Å². The van der Waals surface area contributed by atoms with Crippen LogP contribution in [0.1, 0.15) is 68.6 Å². The minimum Gasteiger partial charge on any atom is -0.478 e. The Morgan fingerprint density at radius 1 is 1.00 bits per heavy atom. The normalized spacial score (nSPS) is 15.6. The van der Waals surface area contributed by atoms with Crippen LogP contribution in [0.25, 0.3) is 17.2 Å². The van der Waals surface area contributed by atoms with Gasteiger partial charge in [0.15, 0.2) is 0 Å². The van der Waals surface area contributed by atoms with Crippen molar-refractivity contribution < 1.29 is 14.3 Å². The third-order valence-corrected chi connectivity index (χ3v) is 8.29. The highest BCUT2D eigenvalue weighted by molar-refractivity contribution is 6.36. The third-order valence-electron chi connectivity index (χ3n) is 7.74. The number of aromatic carboxylic acids is 1. The van der Waals surface area contributed by atoms with Crippen molar-refractivity contribution in [2.45, 2.75) is 39.5 Å². The van der Waals surface area contributed by atoms with E-state index in [1.165, 1.54) is 22.3 Å². The van der Waals surface area contributed by atoms with Crippen LogP contribution >= 0.6 is 23.2 Å². The van der Waals surface area contributed by atoms with Gasteiger partial charge >= 0.3 is 5.97 Å². The van der Waals surface area contributed by atoms with Crippen molar-refractivity contribution in [2.24, 2.45) is 0 Å². The number of likely N-dealkylation sites (tertiary alicyclic amines) is 1. The highest BCUT2D eigenvalue weighted by Gasteiger charge is 2.24. The number of carboxylic acids is 1. The van der Waals surface area contributed by atoms with Crippen LogP contribution in [-0.2, 0) is 6.42 Å². The number of allylic oxidation sites excluding steroid dienone is 1. The zero-order valence-corrected chi connectivity index (χ0v) is 23.8. The molecule has 2 aliphatic rings. The number of hydrogen-bond acceptors (Lipinski definition) is 2. The molecule has 0 unspecified atom stereocenters. The van der Waals surface area contributed by atoms with E-state index in [1.807, 2.05) is 24.3 Å². The lowest BCUT2D eigenvalue weighted by Crippen LogP contribution is -2.40. The van der Waals surface area contributed by atoms with E-state index in [0.29, 0.717) is 22.0 Å². The quantitative estimate of drug-likeness (QED) is 0.312. The molecular formula is C33H32Cl2FNO2. The summed E-state index contributed by atoms with van der Waals surface area (Å²) in [6, 6.07) is 15.6. The summed E-state index contributed by atoms with van der Waals surface area (Å²) >= 11 is 13.0. The van der Waals surface area contributed by atoms with Crippen LogP contribution in [0.4, 0.5) is 4.39 Å². The SMILES string of the molecule is Cc1cc(C2=C(c3ccc(Cl)cc3Cl)CCCc3cc(C(=O)O)ccc32)cc(C)c1C=C1CN(CCCF)C1. The monoisotopic (exact) mass is 563 g/mol. The molecule has 1 fully saturated rings. The molecule has 0 radical (unpaired) electrons. The number of fused-ring (bicyclic) bond motifs is 1. The molecule has 6 heteroatoms. The summed E-state index contributed by atoms with van der Waals surface area (Å²) in [5.74, 6) is -0.920. The summed E-state index contributed by atoms with van der Waals surface area (Å²) in [6.45, 7) is 6.60. The van der Waals surface area contributed by atoms with Crippen LogP contribution in [0, 0.1) is 13.8 Å². The Labute approximate surface area is 239 Å².